The van der Waals surface area contributed by atoms with Crippen LogP contribution in [0, 0.1) is 11.8 Å². The van der Waals surface area contributed by atoms with Crippen molar-refractivity contribution in [1.29, 1.82) is 0 Å². The lowest BCUT2D eigenvalue weighted by molar-refractivity contribution is -0.0139. The fourth-order valence-electron chi connectivity index (χ4n) is 4.62. The average molecular weight is 279 g/mol. The summed E-state index contributed by atoms with van der Waals surface area (Å²) in [7, 11) is 2.28. The summed E-state index contributed by atoms with van der Waals surface area (Å²) in [6, 6.07) is 1.65. The van der Waals surface area contributed by atoms with Crippen LogP contribution in [0.2, 0.25) is 0 Å². The van der Waals surface area contributed by atoms with Gasteiger partial charge in [0.05, 0.1) is 0 Å². The van der Waals surface area contributed by atoms with E-state index in [4.69, 9.17) is 0 Å². The Bertz CT molecular complexity index is 315. The molecule has 3 nitrogen and oxygen atoms in total. The van der Waals surface area contributed by atoms with Crippen molar-refractivity contribution in [2.45, 2.75) is 51.6 Å². The number of hydrogen-bond donors (Lipinski definition) is 0. The predicted octanol–water partition coefficient (Wildman–Crippen LogP) is 2.13. The molecular formula is C17H33N3. The molecule has 0 N–H and O–H groups in total. The highest BCUT2D eigenvalue weighted by atomic mass is 15.3. The van der Waals surface area contributed by atoms with Gasteiger partial charge in [-0.15, -0.1) is 0 Å². The lowest BCUT2D eigenvalue weighted by Gasteiger charge is -2.50. The highest BCUT2D eigenvalue weighted by Gasteiger charge is 2.37. The van der Waals surface area contributed by atoms with E-state index in [0.29, 0.717) is 0 Å². The molecule has 0 amide bonds. The van der Waals surface area contributed by atoms with Gasteiger partial charge in [0.25, 0.3) is 0 Å². The summed E-state index contributed by atoms with van der Waals surface area (Å²) >= 11 is 0. The zero-order valence-electron chi connectivity index (χ0n) is 13.7. The molecule has 116 valence electrons. The van der Waals surface area contributed by atoms with Crippen LogP contribution in [0.4, 0.5) is 0 Å². The topological polar surface area (TPSA) is 9.72 Å². The molecule has 0 bridgehead atoms. The summed E-state index contributed by atoms with van der Waals surface area (Å²) in [5.41, 5.74) is 0. The van der Waals surface area contributed by atoms with Crippen LogP contribution < -0.4 is 0 Å². The summed E-state index contributed by atoms with van der Waals surface area (Å²) in [5.74, 6) is 1.70. The van der Waals surface area contributed by atoms with Gasteiger partial charge in [-0.1, -0.05) is 20.3 Å². The van der Waals surface area contributed by atoms with Crippen LogP contribution in [0.1, 0.15) is 39.5 Å². The van der Waals surface area contributed by atoms with E-state index in [9.17, 15) is 0 Å². The zero-order valence-corrected chi connectivity index (χ0v) is 13.7. The quantitative estimate of drug-likeness (QED) is 0.783. The second-order valence-electron chi connectivity index (χ2n) is 7.83. The summed E-state index contributed by atoms with van der Waals surface area (Å²) < 4.78 is 0. The molecule has 3 saturated heterocycles. The van der Waals surface area contributed by atoms with Gasteiger partial charge in [0.2, 0.25) is 0 Å². The number of nitrogens with zero attached hydrogens (tertiary/aromatic N) is 3. The van der Waals surface area contributed by atoms with Crippen molar-refractivity contribution in [2.75, 3.05) is 46.3 Å². The maximum atomic E-state index is 2.86. The van der Waals surface area contributed by atoms with Gasteiger partial charge in [-0.3, -0.25) is 9.80 Å². The third-order valence-corrected chi connectivity index (χ3v) is 5.84. The summed E-state index contributed by atoms with van der Waals surface area (Å²) in [6.45, 7) is 12.8. The Labute approximate surface area is 125 Å². The average Bonchev–Trinajstić information content (AvgIpc) is 2.83. The fourth-order valence-corrected chi connectivity index (χ4v) is 4.62. The maximum absolute atomic E-state index is 2.86. The number of fused-ring (bicyclic) bond motifs is 1. The minimum atomic E-state index is 0.787. The summed E-state index contributed by atoms with van der Waals surface area (Å²) in [4.78, 5) is 8.17. The Balaban J connectivity index is 1.63. The van der Waals surface area contributed by atoms with Gasteiger partial charge in [-0.05, 0) is 51.2 Å². The lowest BCUT2D eigenvalue weighted by Crippen LogP contribution is -2.61. The van der Waals surface area contributed by atoms with E-state index in [-0.39, 0.29) is 0 Å². The van der Waals surface area contributed by atoms with Crippen molar-refractivity contribution in [3.05, 3.63) is 0 Å². The zero-order chi connectivity index (χ0) is 14.1. The fraction of sp³-hybridized carbons (Fsp3) is 1.00. The van der Waals surface area contributed by atoms with Crippen LogP contribution in [-0.2, 0) is 0 Å². The maximum Gasteiger partial charge on any atom is 0.0247 e. The van der Waals surface area contributed by atoms with Gasteiger partial charge in [0, 0.05) is 38.3 Å². The minimum Gasteiger partial charge on any atom is -0.306 e. The molecule has 3 fully saturated rings. The van der Waals surface area contributed by atoms with E-state index in [1.807, 2.05) is 0 Å². The van der Waals surface area contributed by atoms with Crippen LogP contribution >= 0.6 is 0 Å². The first kappa shape index (κ1) is 14.8. The molecule has 0 aliphatic carbocycles. The van der Waals surface area contributed by atoms with Crippen molar-refractivity contribution in [3.8, 4) is 0 Å². The summed E-state index contributed by atoms with van der Waals surface area (Å²) in [6.07, 6.45) is 5.72. The largest absolute Gasteiger partial charge is 0.306 e. The summed E-state index contributed by atoms with van der Waals surface area (Å²) in [5, 5.41) is 0. The molecule has 0 aromatic rings. The highest BCUT2D eigenvalue weighted by Crippen LogP contribution is 2.28. The normalized spacial score (nSPS) is 37.5. The van der Waals surface area contributed by atoms with Crippen molar-refractivity contribution < 1.29 is 0 Å². The SMILES string of the molecule is CC(C)C1CN2CCCCC2CN1CC1CCN(C)C1. The third kappa shape index (κ3) is 3.20. The van der Waals surface area contributed by atoms with E-state index in [1.54, 1.807) is 0 Å². The highest BCUT2D eigenvalue weighted by molar-refractivity contribution is 4.93. The standard InChI is InChI=1S/C17H33N3/c1-14(2)17-13-19-8-5-4-6-16(19)12-20(17)11-15-7-9-18(3)10-15/h14-17H,4-13H2,1-3H3. The number of piperidine rings is 1. The lowest BCUT2D eigenvalue weighted by atomic mass is 9.91. The molecular weight excluding hydrogens is 246 g/mol. The van der Waals surface area contributed by atoms with Crippen LogP contribution in [-0.4, -0.2) is 73.1 Å². The van der Waals surface area contributed by atoms with Crippen molar-refractivity contribution in [3.63, 3.8) is 0 Å². The molecule has 3 unspecified atom stereocenters. The van der Waals surface area contributed by atoms with Gasteiger partial charge < -0.3 is 4.90 Å². The van der Waals surface area contributed by atoms with Crippen molar-refractivity contribution >= 4 is 0 Å². The van der Waals surface area contributed by atoms with Crippen molar-refractivity contribution in [1.82, 2.24) is 14.7 Å². The second kappa shape index (κ2) is 6.33. The molecule has 0 aromatic heterocycles. The molecule has 3 aliphatic heterocycles. The first-order chi connectivity index (χ1) is 9.63. The molecule has 3 atom stereocenters. The Hall–Kier alpha value is -0.120. The Morgan fingerprint density at radius 2 is 1.85 bits per heavy atom. The van der Waals surface area contributed by atoms with E-state index in [2.05, 4.69) is 35.6 Å². The van der Waals surface area contributed by atoms with Gasteiger partial charge in [0.1, 0.15) is 0 Å². The molecule has 0 saturated carbocycles. The van der Waals surface area contributed by atoms with Gasteiger partial charge in [0.15, 0.2) is 0 Å². The number of rotatable bonds is 3. The smallest absolute Gasteiger partial charge is 0.0247 e. The van der Waals surface area contributed by atoms with Crippen molar-refractivity contribution in [2.24, 2.45) is 11.8 Å². The molecule has 20 heavy (non-hydrogen) atoms. The van der Waals surface area contributed by atoms with E-state index < -0.39 is 0 Å². The Morgan fingerprint density at radius 1 is 1.00 bits per heavy atom. The monoisotopic (exact) mass is 279 g/mol. The molecule has 0 aromatic carbocycles. The van der Waals surface area contributed by atoms with E-state index in [1.165, 1.54) is 65.0 Å². The van der Waals surface area contributed by atoms with Gasteiger partial charge in [-0.2, -0.15) is 0 Å². The first-order valence-corrected chi connectivity index (χ1v) is 8.80. The molecule has 3 aliphatic rings. The van der Waals surface area contributed by atoms with Gasteiger partial charge in [-0.25, -0.2) is 0 Å². The molecule has 3 rings (SSSR count). The molecule has 3 heterocycles. The Kier molecular flexibility index (Phi) is 4.68. The second-order valence-corrected chi connectivity index (χ2v) is 7.83. The van der Waals surface area contributed by atoms with Crippen LogP contribution in [0.15, 0.2) is 0 Å². The number of piperazine rings is 1. The van der Waals surface area contributed by atoms with Crippen LogP contribution in [0.5, 0.6) is 0 Å². The third-order valence-electron chi connectivity index (χ3n) is 5.84. The molecule has 0 spiro atoms. The minimum absolute atomic E-state index is 0.787. The van der Waals surface area contributed by atoms with E-state index >= 15 is 0 Å². The van der Waals surface area contributed by atoms with Gasteiger partial charge >= 0.3 is 0 Å². The van der Waals surface area contributed by atoms with Crippen LogP contribution in [0.3, 0.4) is 0 Å². The van der Waals surface area contributed by atoms with E-state index in [0.717, 1.165) is 23.9 Å². The first-order valence-electron chi connectivity index (χ1n) is 8.80. The predicted molar refractivity (Wildman–Crippen MR) is 85.0 cm³/mol. The Morgan fingerprint density at radius 3 is 2.55 bits per heavy atom. The molecule has 3 heteroatoms. The van der Waals surface area contributed by atoms with Crippen LogP contribution in [0.25, 0.3) is 0 Å². The molecule has 0 radical (unpaired) electrons. The number of hydrogen-bond acceptors (Lipinski definition) is 3. The number of likely N-dealkylation sites (tertiary alicyclic amines) is 1.